The van der Waals surface area contributed by atoms with Gasteiger partial charge in [-0.15, -0.1) is 0 Å². The zero-order valence-electron chi connectivity index (χ0n) is 16.7. The average Bonchev–Trinajstić information content (AvgIpc) is 3.36. The molecule has 2 aromatic carbocycles. The molecule has 2 amide bonds. The first kappa shape index (κ1) is 20.3. The van der Waals surface area contributed by atoms with E-state index in [1.165, 1.54) is 0 Å². The van der Waals surface area contributed by atoms with Gasteiger partial charge >= 0.3 is 0 Å². The molecule has 156 valence electrons. The number of carbonyl (C=O) groups excluding carboxylic acids is 2. The number of hydrogen-bond acceptors (Lipinski definition) is 4. The van der Waals surface area contributed by atoms with Gasteiger partial charge in [0.1, 0.15) is 0 Å². The molecule has 0 bridgehead atoms. The number of rotatable bonds is 6. The SMILES string of the molecule is CCOc1cc(/C=C2/C(=O)Nc3cc(Cl)ccc32)ccc1OCC(=O)N1CCCC1. The van der Waals surface area contributed by atoms with Crippen LogP contribution in [0.3, 0.4) is 0 Å². The van der Waals surface area contributed by atoms with Crippen molar-refractivity contribution in [3.63, 3.8) is 0 Å². The van der Waals surface area contributed by atoms with Crippen molar-refractivity contribution in [1.29, 1.82) is 0 Å². The third kappa shape index (κ3) is 4.28. The minimum atomic E-state index is -0.179. The Bertz CT molecular complexity index is 1010. The summed E-state index contributed by atoms with van der Waals surface area (Å²) in [5, 5.41) is 3.40. The number of ether oxygens (including phenoxy) is 2. The van der Waals surface area contributed by atoms with Gasteiger partial charge in [-0.1, -0.05) is 23.7 Å². The first-order chi connectivity index (χ1) is 14.5. The number of carbonyl (C=O) groups is 2. The van der Waals surface area contributed by atoms with Crippen molar-refractivity contribution in [3.8, 4) is 11.5 Å². The van der Waals surface area contributed by atoms with Gasteiger partial charge in [0.2, 0.25) is 0 Å². The van der Waals surface area contributed by atoms with Gasteiger partial charge in [0, 0.05) is 29.2 Å². The van der Waals surface area contributed by atoms with Gasteiger partial charge in [-0.05, 0) is 55.7 Å². The minimum Gasteiger partial charge on any atom is -0.490 e. The number of anilines is 1. The maximum atomic E-state index is 12.4. The Morgan fingerprint density at radius 1 is 1.13 bits per heavy atom. The standard InChI is InChI=1S/C23H23ClN2O4/c1-2-29-21-12-15(5-8-20(21)30-14-22(27)26-9-3-4-10-26)11-18-17-7-6-16(24)13-19(17)25-23(18)28/h5-8,11-13H,2-4,9-10,14H2,1H3,(H,25,28)/b18-11+. The third-order valence-electron chi connectivity index (χ3n) is 5.15. The summed E-state index contributed by atoms with van der Waals surface area (Å²) >= 11 is 6.02. The highest BCUT2D eigenvalue weighted by Crippen LogP contribution is 2.36. The van der Waals surface area contributed by atoms with E-state index >= 15 is 0 Å². The fraction of sp³-hybridized carbons (Fsp3) is 0.304. The summed E-state index contributed by atoms with van der Waals surface area (Å²) in [4.78, 5) is 26.5. The Labute approximate surface area is 180 Å². The van der Waals surface area contributed by atoms with Crippen molar-refractivity contribution in [2.45, 2.75) is 19.8 Å². The maximum absolute atomic E-state index is 12.4. The summed E-state index contributed by atoms with van der Waals surface area (Å²) in [6.07, 6.45) is 3.89. The van der Waals surface area contributed by atoms with Crippen LogP contribution in [0.25, 0.3) is 11.6 Å². The summed E-state index contributed by atoms with van der Waals surface area (Å²) in [6, 6.07) is 10.7. The molecule has 6 nitrogen and oxygen atoms in total. The van der Waals surface area contributed by atoms with Gasteiger partial charge in [-0.2, -0.15) is 0 Å². The molecule has 30 heavy (non-hydrogen) atoms. The smallest absolute Gasteiger partial charge is 0.260 e. The van der Waals surface area contributed by atoms with Crippen LogP contribution in [0.15, 0.2) is 36.4 Å². The highest BCUT2D eigenvalue weighted by atomic mass is 35.5. The first-order valence-corrected chi connectivity index (χ1v) is 10.4. The molecule has 0 unspecified atom stereocenters. The van der Waals surface area contributed by atoms with Crippen LogP contribution in [0.2, 0.25) is 5.02 Å². The average molecular weight is 427 g/mol. The highest BCUT2D eigenvalue weighted by molar-refractivity contribution is 6.36. The van der Waals surface area contributed by atoms with Crippen LogP contribution in [-0.4, -0.2) is 43.0 Å². The number of likely N-dealkylation sites (tertiary alicyclic amines) is 1. The molecule has 7 heteroatoms. The number of benzene rings is 2. The molecule has 2 aliphatic heterocycles. The van der Waals surface area contributed by atoms with Crippen LogP contribution in [0.1, 0.15) is 30.9 Å². The van der Waals surface area contributed by atoms with Crippen LogP contribution < -0.4 is 14.8 Å². The van der Waals surface area contributed by atoms with E-state index in [1.54, 1.807) is 24.3 Å². The third-order valence-corrected chi connectivity index (χ3v) is 5.39. The lowest BCUT2D eigenvalue weighted by Crippen LogP contribution is -2.32. The number of fused-ring (bicyclic) bond motifs is 1. The van der Waals surface area contributed by atoms with Gasteiger partial charge in [0.05, 0.1) is 12.3 Å². The zero-order chi connectivity index (χ0) is 21.1. The number of amides is 2. The normalized spacial score (nSPS) is 16.5. The van der Waals surface area contributed by atoms with E-state index in [9.17, 15) is 9.59 Å². The summed E-state index contributed by atoms with van der Waals surface area (Å²) in [7, 11) is 0. The number of halogens is 1. The molecular formula is C23H23ClN2O4. The van der Waals surface area contributed by atoms with E-state index in [2.05, 4.69) is 5.32 Å². The van der Waals surface area contributed by atoms with E-state index < -0.39 is 0 Å². The molecule has 1 N–H and O–H groups in total. The van der Waals surface area contributed by atoms with Gasteiger partial charge < -0.3 is 19.7 Å². The molecule has 4 rings (SSSR count). The second-order valence-electron chi connectivity index (χ2n) is 7.22. The summed E-state index contributed by atoms with van der Waals surface area (Å²) < 4.78 is 11.5. The fourth-order valence-corrected chi connectivity index (χ4v) is 3.85. The van der Waals surface area contributed by atoms with E-state index in [0.29, 0.717) is 34.4 Å². The molecule has 0 spiro atoms. The molecule has 0 aromatic heterocycles. The molecule has 1 fully saturated rings. The molecule has 0 atom stereocenters. The lowest BCUT2D eigenvalue weighted by atomic mass is 10.0. The molecule has 2 aromatic rings. The van der Waals surface area contributed by atoms with E-state index in [0.717, 1.165) is 37.1 Å². The summed E-state index contributed by atoms with van der Waals surface area (Å²) in [5.41, 5.74) is 2.86. The lowest BCUT2D eigenvalue weighted by molar-refractivity contribution is -0.132. The van der Waals surface area contributed by atoms with Crippen LogP contribution in [0.5, 0.6) is 11.5 Å². The second-order valence-corrected chi connectivity index (χ2v) is 7.65. The minimum absolute atomic E-state index is 0.0148. The van der Waals surface area contributed by atoms with E-state index in [1.807, 2.05) is 30.0 Å². The van der Waals surface area contributed by atoms with Crippen molar-refractivity contribution in [3.05, 3.63) is 52.5 Å². The van der Waals surface area contributed by atoms with E-state index in [4.69, 9.17) is 21.1 Å². The molecular weight excluding hydrogens is 404 g/mol. The van der Waals surface area contributed by atoms with Crippen LogP contribution in [0, 0.1) is 0 Å². The zero-order valence-corrected chi connectivity index (χ0v) is 17.5. The summed E-state index contributed by atoms with van der Waals surface area (Å²) in [6.45, 7) is 3.91. The van der Waals surface area contributed by atoms with Gasteiger partial charge in [0.15, 0.2) is 18.1 Å². The molecule has 2 heterocycles. The maximum Gasteiger partial charge on any atom is 0.260 e. The molecule has 1 saturated heterocycles. The first-order valence-electron chi connectivity index (χ1n) is 10.1. The lowest BCUT2D eigenvalue weighted by Gasteiger charge is -2.17. The van der Waals surface area contributed by atoms with Crippen molar-refractivity contribution in [2.24, 2.45) is 0 Å². The number of hydrogen-bond donors (Lipinski definition) is 1. The van der Waals surface area contributed by atoms with Gasteiger partial charge in [-0.3, -0.25) is 9.59 Å². The molecule has 2 aliphatic rings. The monoisotopic (exact) mass is 426 g/mol. The van der Waals surface area contributed by atoms with Crippen LogP contribution in [0.4, 0.5) is 5.69 Å². The molecule has 0 aliphatic carbocycles. The largest absolute Gasteiger partial charge is 0.490 e. The predicted molar refractivity (Wildman–Crippen MR) is 117 cm³/mol. The van der Waals surface area contributed by atoms with Crippen molar-refractivity contribution >= 4 is 40.8 Å². The molecule has 0 radical (unpaired) electrons. The second kappa shape index (κ2) is 8.79. The van der Waals surface area contributed by atoms with Gasteiger partial charge in [0.25, 0.3) is 11.8 Å². The Hall–Kier alpha value is -2.99. The Kier molecular flexibility index (Phi) is 5.95. The quantitative estimate of drug-likeness (QED) is 0.702. The van der Waals surface area contributed by atoms with Gasteiger partial charge in [-0.25, -0.2) is 0 Å². The Morgan fingerprint density at radius 2 is 1.93 bits per heavy atom. The van der Waals surface area contributed by atoms with Crippen molar-refractivity contribution < 1.29 is 19.1 Å². The Morgan fingerprint density at radius 3 is 2.70 bits per heavy atom. The Balaban J connectivity index is 1.55. The number of nitrogens with one attached hydrogen (secondary N) is 1. The highest BCUT2D eigenvalue weighted by Gasteiger charge is 2.24. The molecule has 0 saturated carbocycles. The fourth-order valence-electron chi connectivity index (χ4n) is 3.68. The van der Waals surface area contributed by atoms with E-state index in [-0.39, 0.29) is 18.4 Å². The topological polar surface area (TPSA) is 67.9 Å². The van der Waals surface area contributed by atoms with Crippen LogP contribution in [-0.2, 0) is 9.59 Å². The van der Waals surface area contributed by atoms with Crippen molar-refractivity contribution in [1.82, 2.24) is 4.90 Å². The number of nitrogens with zero attached hydrogens (tertiary/aromatic N) is 1. The van der Waals surface area contributed by atoms with Crippen LogP contribution >= 0.6 is 11.6 Å². The summed E-state index contributed by atoms with van der Waals surface area (Å²) in [5.74, 6) is 0.853. The van der Waals surface area contributed by atoms with Crippen molar-refractivity contribution in [2.75, 3.05) is 31.6 Å². The predicted octanol–water partition coefficient (Wildman–Crippen LogP) is 4.23.